The van der Waals surface area contributed by atoms with Crippen LogP contribution in [0.1, 0.15) is 40.1 Å². The van der Waals surface area contributed by atoms with Crippen molar-refractivity contribution in [2.24, 2.45) is 0 Å². The number of nitrogens with one attached hydrogen (secondary N) is 1. The van der Waals surface area contributed by atoms with Crippen LogP contribution in [0.2, 0.25) is 0 Å². The molecule has 0 spiro atoms. The van der Waals surface area contributed by atoms with Gasteiger partial charge in [0.1, 0.15) is 0 Å². The maximum absolute atomic E-state index is 4.52. The Morgan fingerprint density at radius 1 is 1.32 bits per heavy atom. The number of thioether (sulfide) groups is 1. The van der Waals surface area contributed by atoms with E-state index in [2.05, 4.69) is 55.3 Å². The van der Waals surface area contributed by atoms with E-state index in [0.29, 0.717) is 12.1 Å². The van der Waals surface area contributed by atoms with Crippen molar-refractivity contribution in [3.8, 4) is 0 Å². The summed E-state index contributed by atoms with van der Waals surface area (Å²) >= 11 is 3.75. The molecule has 0 aliphatic carbocycles. The molecule has 1 N–H and O–H groups in total. The third-order valence-electron chi connectivity index (χ3n) is 3.48. The van der Waals surface area contributed by atoms with Crippen molar-refractivity contribution in [3.05, 3.63) is 45.4 Å². The lowest BCUT2D eigenvalue weighted by Crippen LogP contribution is -2.24. The summed E-state index contributed by atoms with van der Waals surface area (Å²) in [5.74, 6) is 1.13. The normalized spacial score (nSPS) is 19.4. The zero-order valence-electron chi connectivity index (χ0n) is 11.4. The number of thiazole rings is 1. The van der Waals surface area contributed by atoms with E-state index < -0.39 is 0 Å². The number of hydrogen-bond donors (Lipinski definition) is 1. The number of benzene rings is 1. The van der Waals surface area contributed by atoms with Crippen LogP contribution in [0.3, 0.4) is 0 Å². The van der Waals surface area contributed by atoms with Crippen LogP contribution in [0.15, 0.2) is 29.2 Å². The van der Waals surface area contributed by atoms with Gasteiger partial charge in [-0.05, 0) is 32.4 Å². The molecule has 2 heterocycles. The molecule has 0 saturated heterocycles. The highest BCUT2D eigenvalue weighted by Crippen LogP contribution is 2.39. The highest BCUT2D eigenvalue weighted by Gasteiger charge is 2.25. The molecule has 4 heteroatoms. The van der Waals surface area contributed by atoms with Gasteiger partial charge in [-0.25, -0.2) is 4.98 Å². The Morgan fingerprint density at radius 2 is 2.11 bits per heavy atom. The van der Waals surface area contributed by atoms with E-state index >= 15 is 0 Å². The molecule has 0 radical (unpaired) electrons. The van der Waals surface area contributed by atoms with Crippen molar-refractivity contribution >= 4 is 23.1 Å². The Balaban J connectivity index is 1.78. The Kier molecular flexibility index (Phi) is 3.65. The van der Waals surface area contributed by atoms with E-state index in [1.165, 1.54) is 21.0 Å². The van der Waals surface area contributed by atoms with Gasteiger partial charge in [0, 0.05) is 27.6 Å². The monoisotopic (exact) mass is 290 g/mol. The van der Waals surface area contributed by atoms with Crippen LogP contribution in [0.4, 0.5) is 0 Å². The highest BCUT2D eigenvalue weighted by atomic mass is 32.2. The van der Waals surface area contributed by atoms with Crippen LogP contribution in [0, 0.1) is 13.8 Å². The van der Waals surface area contributed by atoms with Gasteiger partial charge in [-0.2, -0.15) is 0 Å². The smallest absolute Gasteiger partial charge is 0.0900 e. The van der Waals surface area contributed by atoms with Gasteiger partial charge >= 0.3 is 0 Å². The Labute approximate surface area is 122 Å². The summed E-state index contributed by atoms with van der Waals surface area (Å²) in [6.45, 7) is 6.43. The standard InChI is InChI=1S/C15H18N2S2/c1-9-15(19-11(3)16-9)10(2)17-13-8-18-14-7-5-4-6-12(13)14/h4-7,10,13,17H,8H2,1-3H3. The number of nitrogens with zero attached hydrogens (tertiary/aromatic N) is 1. The van der Waals surface area contributed by atoms with Gasteiger partial charge in [-0.3, -0.25) is 0 Å². The van der Waals surface area contributed by atoms with Gasteiger partial charge in [0.05, 0.1) is 10.7 Å². The molecule has 19 heavy (non-hydrogen) atoms. The van der Waals surface area contributed by atoms with E-state index in [4.69, 9.17) is 0 Å². The van der Waals surface area contributed by atoms with Crippen molar-refractivity contribution in [2.45, 2.75) is 37.8 Å². The highest BCUT2D eigenvalue weighted by molar-refractivity contribution is 7.99. The zero-order valence-corrected chi connectivity index (χ0v) is 13.1. The fourth-order valence-electron chi connectivity index (χ4n) is 2.63. The minimum absolute atomic E-state index is 0.364. The Morgan fingerprint density at radius 3 is 2.84 bits per heavy atom. The number of rotatable bonds is 3. The summed E-state index contributed by atoms with van der Waals surface area (Å²) in [4.78, 5) is 7.31. The first-order valence-corrected chi connectivity index (χ1v) is 8.37. The summed E-state index contributed by atoms with van der Waals surface area (Å²) < 4.78 is 0. The molecular weight excluding hydrogens is 272 g/mol. The zero-order chi connectivity index (χ0) is 13.4. The third-order valence-corrected chi connectivity index (χ3v) is 5.92. The number of aromatic nitrogens is 1. The second-order valence-corrected chi connectivity index (χ2v) is 7.27. The van der Waals surface area contributed by atoms with Gasteiger partial charge < -0.3 is 5.32 Å². The molecular formula is C15H18N2S2. The van der Waals surface area contributed by atoms with E-state index in [1.54, 1.807) is 11.3 Å². The van der Waals surface area contributed by atoms with Crippen LogP contribution in [0.5, 0.6) is 0 Å². The second-order valence-electron chi connectivity index (χ2n) is 4.97. The SMILES string of the molecule is Cc1nc(C)c(C(C)NC2CSc3ccccc32)s1. The second kappa shape index (κ2) is 5.27. The first kappa shape index (κ1) is 13.2. The molecule has 2 nitrogen and oxygen atoms in total. The average molecular weight is 290 g/mol. The molecule has 1 aliphatic rings. The topological polar surface area (TPSA) is 24.9 Å². The summed E-state index contributed by atoms with van der Waals surface area (Å²) in [5, 5.41) is 4.91. The predicted molar refractivity (Wildman–Crippen MR) is 83.0 cm³/mol. The molecule has 1 aliphatic heterocycles. The molecule has 0 amide bonds. The van der Waals surface area contributed by atoms with E-state index in [9.17, 15) is 0 Å². The predicted octanol–water partition coefficient (Wildman–Crippen LogP) is 4.26. The minimum atomic E-state index is 0.364. The largest absolute Gasteiger partial charge is 0.302 e. The van der Waals surface area contributed by atoms with Crippen LogP contribution >= 0.6 is 23.1 Å². The molecule has 1 aromatic heterocycles. The van der Waals surface area contributed by atoms with Gasteiger partial charge in [0.2, 0.25) is 0 Å². The quantitative estimate of drug-likeness (QED) is 0.914. The Bertz CT molecular complexity index is 592. The molecule has 0 saturated carbocycles. The fraction of sp³-hybridized carbons (Fsp3) is 0.400. The van der Waals surface area contributed by atoms with E-state index in [-0.39, 0.29) is 0 Å². The molecule has 1 aromatic carbocycles. The van der Waals surface area contributed by atoms with Crippen molar-refractivity contribution in [1.82, 2.24) is 10.3 Å². The molecule has 2 unspecified atom stereocenters. The molecule has 2 atom stereocenters. The van der Waals surface area contributed by atoms with Crippen molar-refractivity contribution in [2.75, 3.05) is 5.75 Å². The van der Waals surface area contributed by atoms with Crippen LogP contribution in [-0.4, -0.2) is 10.7 Å². The number of aryl methyl sites for hydroxylation is 2. The molecule has 100 valence electrons. The van der Waals surface area contributed by atoms with Gasteiger partial charge in [0.25, 0.3) is 0 Å². The lowest BCUT2D eigenvalue weighted by atomic mass is 10.1. The average Bonchev–Trinajstić information content (AvgIpc) is 2.94. The first-order valence-electron chi connectivity index (χ1n) is 6.57. The van der Waals surface area contributed by atoms with Crippen molar-refractivity contribution < 1.29 is 0 Å². The van der Waals surface area contributed by atoms with Crippen LogP contribution < -0.4 is 5.32 Å². The van der Waals surface area contributed by atoms with Crippen molar-refractivity contribution in [3.63, 3.8) is 0 Å². The maximum atomic E-state index is 4.52. The van der Waals surface area contributed by atoms with Crippen molar-refractivity contribution in [1.29, 1.82) is 0 Å². The number of hydrogen-bond acceptors (Lipinski definition) is 4. The summed E-state index contributed by atoms with van der Waals surface area (Å²) in [7, 11) is 0. The molecule has 0 fully saturated rings. The number of fused-ring (bicyclic) bond motifs is 1. The summed E-state index contributed by atoms with van der Waals surface area (Å²) in [6, 6.07) is 9.53. The van der Waals surface area contributed by atoms with Gasteiger partial charge in [-0.15, -0.1) is 23.1 Å². The van der Waals surface area contributed by atoms with E-state index in [1.807, 2.05) is 11.8 Å². The van der Waals surface area contributed by atoms with Crippen LogP contribution in [-0.2, 0) is 0 Å². The Hall–Kier alpha value is -0.840. The van der Waals surface area contributed by atoms with Gasteiger partial charge in [0.15, 0.2) is 0 Å². The summed E-state index contributed by atoms with van der Waals surface area (Å²) in [5.41, 5.74) is 2.61. The molecule has 3 rings (SSSR count). The van der Waals surface area contributed by atoms with Gasteiger partial charge in [-0.1, -0.05) is 18.2 Å². The molecule has 0 bridgehead atoms. The maximum Gasteiger partial charge on any atom is 0.0900 e. The minimum Gasteiger partial charge on any atom is -0.302 e. The fourth-order valence-corrected chi connectivity index (χ4v) is 4.74. The first-order chi connectivity index (χ1) is 9.15. The van der Waals surface area contributed by atoms with E-state index in [0.717, 1.165) is 10.8 Å². The summed E-state index contributed by atoms with van der Waals surface area (Å²) in [6.07, 6.45) is 0. The van der Waals surface area contributed by atoms with Crippen LogP contribution in [0.25, 0.3) is 0 Å². The third kappa shape index (κ3) is 2.57. The lowest BCUT2D eigenvalue weighted by molar-refractivity contribution is 0.504. The lowest BCUT2D eigenvalue weighted by Gasteiger charge is -2.19. The molecule has 2 aromatic rings.